The van der Waals surface area contributed by atoms with Gasteiger partial charge in [0.25, 0.3) is 5.91 Å². The molecule has 3 aromatic carbocycles. The van der Waals surface area contributed by atoms with E-state index in [1.807, 2.05) is 59.4 Å². The average molecular weight is 489 g/mol. The number of halogens is 1. The van der Waals surface area contributed by atoms with Crippen LogP contribution in [0.2, 0.25) is 5.02 Å². The molecule has 0 fully saturated rings. The molecule has 4 aromatic rings. The lowest BCUT2D eigenvalue weighted by atomic mass is 9.98. The summed E-state index contributed by atoms with van der Waals surface area (Å²) in [5, 5.41) is 7.46. The topological polar surface area (TPSA) is 76.5 Å². The fraction of sp³-hybridized carbons (Fsp3) is 0.148. The maximum atomic E-state index is 13.3. The van der Waals surface area contributed by atoms with Crippen molar-refractivity contribution in [2.75, 3.05) is 26.0 Å². The highest BCUT2D eigenvalue weighted by Crippen LogP contribution is 2.28. The number of hydrogen-bond acceptors (Lipinski definition) is 4. The molecular weight excluding hydrogens is 464 g/mol. The van der Waals surface area contributed by atoms with Crippen molar-refractivity contribution >= 4 is 29.1 Å². The number of rotatable bonds is 8. The number of ether oxygens (including phenoxy) is 1. The number of aromatic nitrogens is 2. The first-order valence-electron chi connectivity index (χ1n) is 11.0. The summed E-state index contributed by atoms with van der Waals surface area (Å²) in [6.07, 6.45) is 3.66. The van der Waals surface area contributed by atoms with E-state index in [4.69, 9.17) is 16.3 Å². The number of hydrogen-bond donors (Lipinski definition) is 1. The molecule has 0 radical (unpaired) electrons. The van der Waals surface area contributed by atoms with Crippen LogP contribution in [0.3, 0.4) is 0 Å². The molecule has 0 spiro atoms. The van der Waals surface area contributed by atoms with Gasteiger partial charge in [-0.05, 0) is 47.0 Å². The summed E-state index contributed by atoms with van der Waals surface area (Å²) in [6, 6.07) is 22.2. The van der Waals surface area contributed by atoms with Gasteiger partial charge in [-0.3, -0.25) is 14.3 Å². The third kappa shape index (κ3) is 5.88. The Balaban J connectivity index is 1.47. The van der Waals surface area contributed by atoms with Crippen LogP contribution in [0.4, 0.5) is 5.69 Å². The number of likely N-dealkylation sites (N-methyl/N-ethyl adjacent to an activating group) is 1. The van der Waals surface area contributed by atoms with Crippen molar-refractivity contribution in [1.82, 2.24) is 14.7 Å². The molecule has 0 saturated heterocycles. The summed E-state index contributed by atoms with van der Waals surface area (Å²) >= 11 is 6.04. The Morgan fingerprint density at radius 3 is 2.54 bits per heavy atom. The van der Waals surface area contributed by atoms with Gasteiger partial charge in [0, 0.05) is 30.0 Å². The molecule has 7 nitrogen and oxygen atoms in total. The van der Waals surface area contributed by atoms with Crippen molar-refractivity contribution in [3.8, 4) is 16.9 Å². The Kier molecular flexibility index (Phi) is 7.48. The van der Waals surface area contributed by atoms with Crippen LogP contribution in [0.1, 0.15) is 15.9 Å². The second kappa shape index (κ2) is 10.9. The Bertz CT molecular complexity index is 1320. The number of amides is 2. The van der Waals surface area contributed by atoms with E-state index in [0.717, 1.165) is 16.7 Å². The molecule has 1 N–H and O–H groups in total. The number of carbonyl (C=O) groups is 2. The number of carbonyl (C=O) groups excluding carboxylic acids is 2. The van der Waals surface area contributed by atoms with Gasteiger partial charge in [0.05, 0.1) is 25.9 Å². The zero-order valence-corrected chi connectivity index (χ0v) is 20.2. The van der Waals surface area contributed by atoms with E-state index in [0.29, 0.717) is 28.6 Å². The van der Waals surface area contributed by atoms with E-state index in [2.05, 4.69) is 10.4 Å². The van der Waals surface area contributed by atoms with Gasteiger partial charge in [-0.15, -0.1) is 0 Å². The SMILES string of the molecule is COc1ccc(Cl)cc1NC(=O)CN(C)C(=O)c1ccccc1-c1ccc(Cn2cccn2)cc1. The van der Waals surface area contributed by atoms with E-state index in [-0.39, 0.29) is 18.4 Å². The van der Waals surface area contributed by atoms with E-state index < -0.39 is 0 Å². The number of anilines is 1. The molecule has 1 heterocycles. The van der Waals surface area contributed by atoms with E-state index in [1.165, 1.54) is 12.0 Å². The minimum absolute atomic E-state index is 0.133. The molecule has 1 aromatic heterocycles. The Hall–Kier alpha value is -4.10. The van der Waals surface area contributed by atoms with Crippen molar-refractivity contribution in [3.63, 3.8) is 0 Å². The Morgan fingerprint density at radius 1 is 1.06 bits per heavy atom. The second-order valence-electron chi connectivity index (χ2n) is 8.00. The minimum atomic E-state index is -0.359. The first-order chi connectivity index (χ1) is 16.9. The minimum Gasteiger partial charge on any atom is -0.495 e. The Morgan fingerprint density at radius 2 is 1.83 bits per heavy atom. The molecule has 2 amide bonds. The summed E-state index contributed by atoms with van der Waals surface area (Å²) in [4.78, 5) is 27.3. The smallest absolute Gasteiger partial charge is 0.254 e. The molecular formula is C27H25ClN4O3. The quantitative estimate of drug-likeness (QED) is 0.380. The van der Waals surface area contributed by atoms with Gasteiger partial charge in [0.2, 0.25) is 5.91 Å². The van der Waals surface area contributed by atoms with Crippen molar-refractivity contribution in [2.24, 2.45) is 0 Å². The van der Waals surface area contributed by atoms with Crippen molar-refractivity contribution in [1.29, 1.82) is 0 Å². The number of nitrogens with one attached hydrogen (secondary N) is 1. The highest BCUT2D eigenvalue weighted by Gasteiger charge is 2.19. The van der Waals surface area contributed by atoms with Crippen LogP contribution in [-0.2, 0) is 11.3 Å². The summed E-state index contributed by atoms with van der Waals surface area (Å²) in [7, 11) is 3.11. The molecule has 0 atom stereocenters. The normalized spacial score (nSPS) is 10.6. The van der Waals surface area contributed by atoms with Crippen molar-refractivity contribution in [3.05, 3.63) is 101 Å². The second-order valence-corrected chi connectivity index (χ2v) is 8.44. The van der Waals surface area contributed by atoms with Crippen molar-refractivity contribution in [2.45, 2.75) is 6.54 Å². The van der Waals surface area contributed by atoms with Gasteiger partial charge in [-0.1, -0.05) is 54.1 Å². The first-order valence-corrected chi connectivity index (χ1v) is 11.4. The Labute approximate surface area is 208 Å². The lowest BCUT2D eigenvalue weighted by Crippen LogP contribution is -2.35. The molecule has 178 valence electrons. The standard InChI is InChI=1S/C27H25ClN4O3/c1-31(18-26(33)30-24-16-21(28)12-13-25(24)35-2)27(34)23-7-4-3-6-22(23)20-10-8-19(9-11-20)17-32-15-5-14-29-32/h3-16H,17-18H2,1-2H3,(H,30,33). The number of benzene rings is 3. The molecule has 4 rings (SSSR count). The molecule has 0 aliphatic heterocycles. The van der Waals surface area contributed by atoms with Crippen LogP contribution >= 0.6 is 11.6 Å². The predicted molar refractivity (Wildman–Crippen MR) is 137 cm³/mol. The maximum Gasteiger partial charge on any atom is 0.254 e. The van der Waals surface area contributed by atoms with Gasteiger partial charge in [-0.2, -0.15) is 5.10 Å². The van der Waals surface area contributed by atoms with Crippen molar-refractivity contribution < 1.29 is 14.3 Å². The number of nitrogens with zero attached hydrogens (tertiary/aromatic N) is 3. The zero-order valence-electron chi connectivity index (χ0n) is 19.4. The summed E-state index contributed by atoms with van der Waals surface area (Å²) in [6.45, 7) is 0.536. The lowest BCUT2D eigenvalue weighted by molar-refractivity contribution is -0.116. The van der Waals surface area contributed by atoms with E-state index in [1.54, 1.807) is 37.5 Å². The first kappa shape index (κ1) is 24.0. The highest BCUT2D eigenvalue weighted by atomic mass is 35.5. The third-order valence-corrected chi connectivity index (χ3v) is 5.72. The summed E-state index contributed by atoms with van der Waals surface area (Å²) in [5.74, 6) is -0.130. The van der Waals surface area contributed by atoms with Gasteiger partial charge in [0.1, 0.15) is 5.75 Å². The van der Waals surface area contributed by atoms with Gasteiger partial charge >= 0.3 is 0 Å². The zero-order chi connectivity index (χ0) is 24.8. The third-order valence-electron chi connectivity index (χ3n) is 5.49. The largest absolute Gasteiger partial charge is 0.495 e. The maximum absolute atomic E-state index is 13.3. The van der Waals surface area contributed by atoms with Gasteiger partial charge < -0.3 is 15.0 Å². The molecule has 0 unspecified atom stereocenters. The number of methoxy groups -OCH3 is 1. The predicted octanol–water partition coefficient (Wildman–Crippen LogP) is 4.97. The fourth-order valence-corrected chi connectivity index (χ4v) is 3.92. The molecule has 8 heteroatoms. The van der Waals surface area contributed by atoms with Crippen LogP contribution in [0.15, 0.2) is 85.2 Å². The van der Waals surface area contributed by atoms with Crippen LogP contribution in [-0.4, -0.2) is 47.2 Å². The van der Waals surface area contributed by atoms with E-state index in [9.17, 15) is 9.59 Å². The highest BCUT2D eigenvalue weighted by molar-refractivity contribution is 6.31. The molecule has 0 saturated carbocycles. The molecule has 0 aliphatic rings. The molecule has 0 bridgehead atoms. The fourth-order valence-electron chi connectivity index (χ4n) is 3.75. The van der Waals surface area contributed by atoms with Crippen LogP contribution in [0.5, 0.6) is 5.75 Å². The van der Waals surface area contributed by atoms with E-state index >= 15 is 0 Å². The summed E-state index contributed by atoms with van der Waals surface area (Å²) in [5.41, 5.74) is 3.78. The van der Waals surface area contributed by atoms with Crippen LogP contribution in [0.25, 0.3) is 11.1 Å². The summed E-state index contributed by atoms with van der Waals surface area (Å²) < 4.78 is 7.12. The monoisotopic (exact) mass is 488 g/mol. The lowest BCUT2D eigenvalue weighted by Gasteiger charge is -2.19. The van der Waals surface area contributed by atoms with Crippen LogP contribution in [0, 0.1) is 0 Å². The van der Waals surface area contributed by atoms with Gasteiger partial charge in [0.15, 0.2) is 0 Å². The van der Waals surface area contributed by atoms with Gasteiger partial charge in [-0.25, -0.2) is 0 Å². The van der Waals surface area contributed by atoms with Crippen LogP contribution < -0.4 is 10.1 Å². The molecule has 0 aliphatic carbocycles. The average Bonchev–Trinajstić information content (AvgIpc) is 3.37. The molecule has 35 heavy (non-hydrogen) atoms.